The van der Waals surface area contributed by atoms with Crippen LogP contribution in [0, 0.1) is 0 Å². The minimum atomic E-state index is -0.384. The van der Waals surface area contributed by atoms with Crippen LogP contribution >= 0.6 is 15.9 Å². The lowest BCUT2D eigenvalue weighted by Crippen LogP contribution is -1.98. The Kier molecular flexibility index (Phi) is 5.12. The fourth-order valence-corrected chi connectivity index (χ4v) is 2.08. The molecule has 0 aliphatic carbocycles. The third-order valence-corrected chi connectivity index (χ3v) is 3.08. The topological polar surface area (TPSA) is 29.5 Å². The molecule has 1 aromatic rings. The number of halogens is 1. The quantitative estimate of drug-likeness (QED) is 0.886. The lowest BCUT2D eigenvalue weighted by molar-refractivity contribution is 0.163. The Bertz CT molecular complexity index is 312. The van der Waals surface area contributed by atoms with E-state index in [9.17, 15) is 5.11 Å². The third kappa shape index (κ3) is 3.50. The molecule has 1 N–H and O–H groups in total. The monoisotopic (exact) mass is 272 g/mol. The van der Waals surface area contributed by atoms with Crippen molar-refractivity contribution in [2.45, 2.75) is 32.3 Å². The molecule has 0 saturated heterocycles. The van der Waals surface area contributed by atoms with Crippen molar-refractivity contribution in [3.05, 3.63) is 28.2 Å². The number of methoxy groups -OCH3 is 1. The fraction of sp³-hybridized carbons (Fsp3) is 0.500. The van der Waals surface area contributed by atoms with E-state index in [0.717, 1.165) is 35.0 Å². The van der Waals surface area contributed by atoms with Gasteiger partial charge in [0.05, 0.1) is 13.2 Å². The van der Waals surface area contributed by atoms with Crippen molar-refractivity contribution < 1.29 is 9.84 Å². The van der Waals surface area contributed by atoms with Crippen LogP contribution in [0.4, 0.5) is 0 Å². The predicted molar refractivity (Wildman–Crippen MR) is 65.2 cm³/mol. The number of aliphatic hydroxyl groups excluding tert-OH is 1. The number of hydrogen-bond donors (Lipinski definition) is 1. The Hall–Kier alpha value is -0.540. The largest absolute Gasteiger partial charge is 0.497 e. The maximum Gasteiger partial charge on any atom is 0.120 e. The molecule has 0 spiro atoms. The van der Waals surface area contributed by atoms with Gasteiger partial charge in [-0.3, -0.25) is 0 Å². The number of hydrogen-bond acceptors (Lipinski definition) is 2. The van der Waals surface area contributed by atoms with E-state index in [2.05, 4.69) is 22.9 Å². The molecule has 1 atom stereocenters. The maximum absolute atomic E-state index is 9.93. The first-order chi connectivity index (χ1) is 7.19. The molecular formula is C12H17BrO2. The average Bonchev–Trinajstić information content (AvgIpc) is 2.25. The zero-order chi connectivity index (χ0) is 11.3. The molecular weight excluding hydrogens is 256 g/mol. The number of aliphatic hydroxyl groups is 1. The fourth-order valence-electron chi connectivity index (χ4n) is 1.46. The van der Waals surface area contributed by atoms with Gasteiger partial charge in [-0.2, -0.15) is 0 Å². The van der Waals surface area contributed by atoms with Crippen LogP contribution in [0.15, 0.2) is 22.7 Å². The van der Waals surface area contributed by atoms with E-state index in [4.69, 9.17) is 4.74 Å². The second kappa shape index (κ2) is 6.13. The summed E-state index contributed by atoms with van der Waals surface area (Å²) >= 11 is 3.44. The van der Waals surface area contributed by atoms with E-state index in [-0.39, 0.29) is 6.10 Å². The van der Waals surface area contributed by atoms with Crippen LogP contribution < -0.4 is 4.74 Å². The number of rotatable bonds is 5. The van der Waals surface area contributed by atoms with Gasteiger partial charge in [-0.25, -0.2) is 0 Å². The van der Waals surface area contributed by atoms with Gasteiger partial charge in [0.2, 0.25) is 0 Å². The molecule has 0 saturated carbocycles. The van der Waals surface area contributed by atoms with Crippen molar-refractivity contribution in [2.24, 2.45) is 0 Å². The van der Waals surface area contributed by atoms with Crippen molar-refractivity contribution >= 4 is 15.9 Å². The van der Waals surface area contributed by atoms with E-state index >= 15 is 0 Å². The zero-order valence-corrected chi connectivity index (χ0v) is 10.8. The van der Waals surface area contributed by atoms with Gasteiger partial charge in [-0.05, 0) is 24.1 Å². The number of ether oxygens (including phenoxy) is 1. The van der Waals surface area contributed by atoms with Crippen molar-refractivity contribution in [1.82, 2.24) is 0 Å². The minimum absolute atomic E-state index is 0.384. The van der Waals surface area contributed by atoms with Crippen LogP contribution in [0.2, 0.25) is 0 Å². The van der Waals surface area contributed by atoms with Crippen LogP contribution in [0.1, 0.15) is 37.9 Å². The van der Waals surface area contributed by atoms with Gasteiger partial charge < -0.3 is 9.84 Å². The van der Waals surface area contributed by atoms with Gasteiger partial charge in [0, 0.05) is 4.47 Å². The Balaban J connectivity index is 2.76. The zero-order valence-electron chi connectivity index (χ0n) is 9.16. The molecule has 0 radical (unpaired) electrons. The van der Waals surface area contributed by atoms with E-state index < -0.39 is 0 Å². The van der Waals surface area contributed by atoms with Gasteiger partial charge >= 0.3 is 0 Å². The standard InChI is InChI=1S/C12H17BrO2/c1-3-4-5-12(14)10-7-6-9(15-2)8-11(10)13/h6-8,12,14H,3-5H2,1-2H3. The molecule has 0 aliphatic rings. The van der Waals surface area contributed by atoms with Crippen LogP contribution in [0.3, 0.4) is 0 Å². The van der Waals surface area contributed by atoms with Crippen molar-refractivity contribution in [1.29, 1.82) is 0 Å². The second-order valence-electron chi connectivity index (χ2n) is 3.55. The Labute approximate surface area is 99.4 Å². The summed E-state index contributed by atoms with van der Waals surface area (Å²) in [7, 11) is 1.63. The first-order valence-electron chi connectivity index (χ1n) is 5.20. The highest BCUT2D eigenvalue weighted by molar-refractivity contribution is 9.10. The lowest BCUT2D eigenvalue weighted by Gasteiger charge is -2.13. The molecule has 2 nitrogen and oxygen atoms in total. The Morgan fingerprint density at radius 1 is 1.47 bits per heavy atom. The van der Waals surface area contributed by atoms with Crippen LogP contribution in [-0.2, 0) is 0 Å². The first kappa shape index (κ1) is 12.5. The molecule has 1 aromatic carbocycles. The minimum Gasteiger partial charge on any atom is -0.497 e. The highest BCUT2D eigenvalue weighted by Crippen LogP contribution is 2.29. The second-order valence-corrected chi connectivity index (χ2v) is 4.40. The van der Waals surface area contributed by atoms with Crippen LogP contribution in [-0.4, -0.2) is 12.2 Å². The van der Waals surface area contributed by atoms with Crippen LogP contribution in [0.5, 0.6) is 5.75 Å². The number of unbranched alkanes of at least 4 members (excludes halogenated alkanes) is 1. The predicted octanol–water partition coefficient (Wildman–Crippen LogP) is 3.68. The normalized spacial score (nSPS) is 12.5. The van der Waals surface area contributed by atoms with Crippen molar-refractivity contribution in [3.8, 4) is 5.75 Å². The molecule has 0 heterocycles. The Morgan fingerprint density at radius 2 is 2.20 bits per heavy atom. The van der Waals surface area contributed by atoms with E-state index in [0.29, 0.717) is 0 Å². The molecule has 84 valence electrons. The summed E-state index contributed by atoms with van der Waals surface area (Å²) in [4.78, 5) is 0. The molecule has 0 amide bonds. The first-order valence-corrected chi connectivity index (χ1v) is 5.99. The van der Waals surface area contributed by atoms with Gasteiger partial charge in [-0.1, -0.05) is 41.8 Å². The van der Waals surface area contributed by atoms with Gasteiger partial charge in [0.25, 0.3) is 0 Å². The van der Waals surface area contributed by atoms with E-state index in [1.165, 1.54) is 0 Å². The third-order valence-electron chi connectivity index (χ3n) is 2.40. The van der Waals surface area contributed by atoms with Crippen molar-refractivity contribution in [3.63, 3.8) is 0 Å². The summed E-state index contributed by atoms with van der Waals surface area (Å²) in [5.74, 6) is 0.799. The summed E-state index contributed by atoms with van der Waals surface area (Å²) in [6.45, 7) is 2.12. The van der Waals surface area contributed by atoms with Gasteiger partial charge in [0.15, 0.2) is 0 Å². The maximum atomic E-state index is 9.93. The molecule has 1 rings (SSSR count). The average molecular weight is 273 g/mol. The lowest BCUT2D eigenvalue weighted by atomic mass is 10.0. The molecule has 1 unspecified atom stereocenters. The summed E-state index contributed by atoms with van der Waals surface area (Å²) in [6.07, 6.45) is 2.57. The Morgan fingerprint density at radius 3 is 2.73 bits per heavy atom. The molecule has 3 heteroatoms. The van der Waals surface area contributed by atoms with Gasteiger partial charge in [-0.15, -0.1) is 0 Å². The molecule has 0 fully saturated rings. The molecule has 15 heavy (non-hydrogen) atoms. The molecule has 0 aromatic heterocycles. The van der Waals surface area contributed by atoms with E-state index in [1.54, 1.807) is 7.11 Å². The smallest absolute Gasteiger partial charge is 0.120 e. The SMILES string of the molecule is CCCCC(O)c1ccc(OC)cc1Br. The summed E-state index contributed by atoms with van der Waals surface area (Å²) < 4.78 is 6.01. The summed E-state index contributed by atoms with van der Waals surface area (Å²) in [5.41, 5.74) is 0.934. The molecule has 0 aliphatic heterocycles. The molecule has 0 bridgehead atoms. The van der Waals surface area contributed by atoms with Crippen LogP contribution in [0.25, 0.3) is 0 Å². The summed E-state index contributed by atoms with van der Waals surface area (Å²) in [6, 6.07) is 5.66. The summed E-state index contributed by atoms with van der Waals surface area (Å²) in [5, 5.41) is 9.93. The van der Waals surface area contributed by atoms with Crippen molar-refractivity contribution in [2.75, 3.05) is 7.11 Å². The van der Waals surface area contributed by atoms with Gasteiger partial charge in [0.1, 0.15) is 5.75 Å². The van der Waals surface area contributed by atoms with E-state index in [1.807, 2.05) is 18.2 Å². The highest BCUT2D eigenvalue weighted by Gasteiger charge is 2.11. The highest BCUT2D eigenvalue weighted by atomic mass is 79.9. The number of benzene rings is 1.